The van der Waals surface area contributed by atoms with Crippen molar-refractivity contribution in [3.8, 4) is 0 Å². The first-order chi connectivity index (χ1) is 48.9. The van der Waals surface area contributed by atoms with Crippen LogP contribution < -0.4 is 0 Å². The van der Waals surface area contributed by atoms with Gasteiger partial charge in [0.25, 0.3) is 0 Å². The highest BCUT2D eigenvalue weighted by Gasteiger charge is 2.30. The summed E-state index contributed by atoms with van der Waals surface area (Å²) in [5, 5.41) is 10.7. The molecule has 0 aromatic heterocycles. The van der Waals surface area contributed by atoms with Crippen molar-refractivity contribution in [1.82, 2.24) is 0 Å². The summed E-state index contributed by atoms with van der Waals surface area (Å²) in [4.78, 5) is 73.1. The second-order valence-corrected chi connectivity index (χ2v) is 33.1. The zero-order valence-electron chi connectivity index (χ0n) is 66.2. The molecule has 0 saturated heterocycles. The normalized spacial score (nSPS) is 14.2. The number of ether oxygens (including phenoxy) is 4. The largest absolute Gasteiger partial charge is 0.472 e. The summed E-state index contributed by atoms with van der Waals surface area (Å²) in [5.41, 5.74) is 0. The number of aliphatic hydroxyl groups is 1. The fourth-order valence-electron chi connectivity index (χ4n) is 12.7. The molecule has 0 aliphatic carbocycles. The van der Waals surface area contributed by atoms with Gasteiger partial charge in [-0.2, -0.15) is 0 Å². The van der Waals surface area contributed by atoms with Crippen molar-refractivity contribution in [3.05, 3.63) is 0 Å². The Bertz CT molecular complexity index is 1940. The van der Waals surface area contributed by atoms with Gasteiger partial charge in [0.2, 0.25) is 0 Å². The molecule has 6 atom stereocenters. The molecule has 19 heteroatoms. The molecule has 0 aliphatic rings. The minimum Gasteiger partial charge on any atom is -0.462 e. The third-order valence-corrected chi connectivity index (χ3v) is 21.5. The first-order valence-corrected chi connectivity index (χ1v) is 45.5. The molecule has 3 unspecified atom stereocenters. The highest BCUT2D eigenvalue weighted by Crippen LogP contribution is 2.45. The zero-order valence-corrected chi connectivity index (χ0v) is 68.0. The predicted molar refractivity (Wildman–Crippen MR) is 414 cm³/mol. The van der Waals surface area contributed by atoms with Crippen molar-refractivity contribution in [2.45, 2.75) is 452 Å². The molecule has 3 N–H and O–H groups in total. The minimum absolute atomic E-state index is 0.106. The van der Waals surface area contributed by atoms with Crippen LogP contribution in [0.2, 0.25) is 0 Å². The number of hydrogen-bond donors (Lipinski definition) is 3. The van der Waals surface area contributed by atoms with Gasteiger partial charge in [0.15, 0.2) is 12.2 Å². The molecule has 0 amide bonds. The maximum absolute atomic E-state index is 13.1. The monoisotopic (exact) mass is 1480 g/mol. The first kappa shape index (κ1) is 99.1. The van der Waals surface area contributed by atoms with Crippen LogP contribution >= 0.6 is 15.6 Å². The van der Waals surface area contributed by atoms with E-state index in [-0.39, 0.29) is 25.7 Å². The number of hydrogen-bond acceptors (Lipinski definition) is 15. The summed E-state index contributed by atoms with van der Waals surface area (Å²) < 4.78 is 68.8. The van der Waals surface area contributed by atoms with E-state index in [1.165, 1.54) is 250 Å². The van der Waals surface area contributed by atoms with Gasteiger partial charge in [0, 0.05) is 25.7 Å². The van der Waals surface area contributed by atoms with Crippen LogP contribution in [0, 0.1) is 11.8 Å². The van der Waals surface area contributed by atoms with Crippen molar-refractivity contribution >= 4 is 39.5 Å². The lowest BCUT2D eigenvalue weighted by Gasteiger charge is -2.21. The van der Waals surface area contributed by atoms with E-state index in [0.29, 0.717) is 25.7 Å². The number of esters is 4. The number of phosphoric acid groups is 2. The van der Waals surface area contributed by atoms with E-state index < -0.39 is 97.5 Å². The van der Waals surface area contributed by atoms with Gasteiger partial charge >= 0.3 is 39.5 Å². The molecule has 0 saturated carbocycles. The molecule has 0 bridgehead atoms. The van der Waals surface area contributed by atoms with Gasteiger partial charge < -0.3 is 33.8 Å². The van der Waals surface area contributed by atoms with Crippen molar-refractivity contribution in [1.29, 1.82) is 0 Å². The van der Waals surface area contributed by atoms with Gasteiger partial charge in [-0.15, -0.1) is 0 Å². The van der Waals surface area contributed by atoms with E-state index in [2.05, 4.69) is 41.5 Å². The standard InChI is InChI=1S/C82H160O17P2/c1-7-10-12-14-16-18-20-22-24-26-27-29-31-33-35-40-48-54-60-66-81(86)98-77(70-92-79(84)64-58-52-46-39-34-32-30-28-25-23-21-19-17-15-13-11-8-2)72-96-100(88,89)94-68-76(83)69-95-101(90,91)97-73-78(71-93-80(85)65-59-53-47-43-42-45-51-57-63-75(6)9-3)99-82(87)67-61-55-49-41-37-36-38-44-50-56-62-74(4)5/h74-78,83H,7-73H2,1-6H3,(H,88,89)(H,90,91)/t75?,76-,77-,78-/m1/s1. The first-order valence-electron chi connectivity index (χ1n) is 42.5. The van der Waals surface area contributed by atoms with Crippen LogP contribution in [0.3, 0.4) is 0 Å². The van der Waals surface area contributed by atoms with Crippen molar-refractivity contribution in [2.24, 2.45) is 11.8 Å². The number of carbonyl (C=O) groups excluding carboxylic acids is 4. The summed E-state index contributed by atoms with van der Waals surface area (Å²) in [5.74, 6) is -0.578. The summed E-state index contributed by atoms with van der Waals surface area (Å²) in [7, 11) is -9.92. The summed E-state index contributed by atoms with van der Waals surface area (Å²) >= 11 is 0. The molecule has 0 fully saturated rings. The molecular weight excluding hydrogens is 1320 g/mol. The molecule has 0 aliphatic heterocycles. The van der Waals surface area contributed by atoms with Gasteiger partial charge in [-0.1, -0.05) is 382 Å². The van der Waals surface area contributed by atoms with Gasteiger partial charge in [-0.3, -0.25) is 37.3 Å². The van der Waals surface area contributed by atoms with Gasteiger partial charge in [0.1, 0.15) is 19.3 Å². The Morgan fingerprint density at radius 2 is 0.505 bits per heavy atom. The van der Waals surface area contributed by atoms with E-state index in [1.807, 2.05) is 0 Å². The summed E-state index contributed by atoms with van der Waals surface area (Å²) in [6.07, 6.45) is 63.8. The maximum atomic E-state index is 13.1. The second kappa shape index (κ2) is 73.6. The Balaban J connectivity index is 5.25. The van der Waals surface area contributed by atoms with Crippen LogP contribution in [0.4, 0.5) is 0 Å². The molecule has 0 rings (SSSR count). The van der Waals surface area contributed by atoms with Crippen molar-refractivity contribution in [3.63, 3.8) is 0 Å². The predicted octanol–water partition coefficient (Wildman–Crippen LogP) is 24.7. The Hall–Kier alpha value is -1.94. The Kier molecular flexibility index (Phi) is 72.2. The molecule has 0 spiro atoms. The van der Waals surface area contributed by atoms with Crippen LogP contribution in [-0.2, 0) is 65.4 Å². The lowest BCUT2D eigenvalue weighted by atomic mass is 9.99. The SMILES string of the molecule is CCCCCCCCCCCCCCCCCCCCCC(=O)O[C@H](COC(=O)CCCCCCCCCCCCCCCCCCC)COP(=O)(O)OC[C@@H](O)COP(=O)(O)OC[C@@H](COC(=O)CCCCCCCCCCC(C)CC)OC(=O)CCCCCCCCCCCCC(C)C. The fourth-order valence-corrected chi connectivity index (χ4v) is 14.3. The quantitative estimate of drug-likeness (QED) is 0.0222. The second-order valence-electron chi connectivity index (χ2n) is 30.2. The topological polar surface area (TPSA) is 237 Å². The highest BCUT2D eigenvalue weighted by atomic mass is 31.2. The van der Waals surface area contributed by atoms with Crippen LogP contribution in [0.25, 0.3) is 0 Å². The number of unbranched alkanes of at least 4 members (excludes halogenated alkanes) is 50. The molecule has 0 heterocycles. The molecule has 0 radical (unpaired) electrons. The number of aliphatic hydroxyl groups excluding tert-OH is 1. The number of carbonyl (C=O) groups is 4. The van der Waals surface area contributed by atoms with Crippen molar-refractivity contribution < 1.29 is 80.2 Å². The molecule has 0 aromatic rings. The number of rotatable bonds is 81. The van der Waals surface area contributed by atoms with Gasteiger partial charge in [-0.25, -0.2) is 9.13 Å². The third kappa shape index (κ3) is 74.7. The smallest absolute Gasteiger partial charge is 0.462 e. The van der Waals surface area contributed by atoms with Gasteiger partial charge in [0.05, 0.1) is 26.4 Å². The van der Waals surface area contributed by atoms with Crippen LogP contribution in [0.5, 0.6) is 0 Å². The van der Waals surface area contributed by atoms with Crippen LogP contribution in [-0.4, -0.2) is 96.7 Å². The van der Waals surface area contributed by atoms with E-state index >= 15 is 0 Å². The van der Waals surface area contributed by atoms with Gasteiger partial charge in [-0.05, 0) is 37.5 Å². The molecular formula is C82H160O17P2. The summed E-state index contributed by atoms with van der Waals surface area (Å²) in [6, 6.07) is 0. The molecule has 17 nitrogen and oxygen atoms in total. The Morgan fingerprint density at radius 1 is 0.287 bits per heavy atom. The van der Waals surface area contributed by atoms with E-state index in [0.717, 1.165) is 102 Å². The fraction of sp³-hybridized carbons (Fsp3) is 0.951. The average molecular weight is 1480 g/mol. The zero-order chi connectivity index (χ0) is 74.2. The minimum atomic E-state index is -4.96. The summed E-state index contributed by atoms with van der Waals surface area (Å²) in [6.45, 7) is 9.64. The van der Waals surface area contributed by atoms with Crippen LogP contribution in [0.15, 0.2) is 0 Å². The molecule has 600 valence electrons. The maximum Gasteiger partial charge on any atom is 0.472 e. The van der Waals surface area contributed by atoms with E-state index in [4.69, 9.17) is 37.0 Å². The molecule has 0 aromatic carbocycles. The van der Waals surface area contributed by atoms with Crippen molar-refractivity contribution in [2.75, 3.05) is 39.6 Å². The molecule has 101 heavy (non-hydrogen) atoms. The third-order valence-electron chi connectivity index (χ3n) is 19.6. The Morgan fingerprint density at radius 3 is 0.752 bits per heavy atom. The lowest BCUT2D eigenvalue weighted by molar-refractivity contribution is -0.161. The highest BCUT2D eigenvalue weighted by molar-refractivity contribution is 7.47. The average Bonchev–Trinajstić information content (AvgIpc) is 0.935. The van der Waals surface area contributed by atoms with E-state index in [1.54, 1.807) is 0 Å². The van der Waals surface area contributed by atoms with E-state index in [9.17, 15) is 43.2 Å². The van der Waals surface area contributed by atoms with Crippen LogP contribution in [0.1, 0.15) is 433 Å². The Labute approximate surface area is 619 Å². The lowest BCUT2D eigenvalue weighted by Crippen LogP contribution is -2.30. The number of phosphoric ester groups is 2.